The lowest BCUT2D eigenvalue weighted by atomic mass is 9.93. The first kappa shape index (κ1) is 14.0. The van der Waals surface area contributed by atoms with E-state index in [1.165, 1.54) is 24.9 Å². The molecule has 1 atom stereocenters. The van der Waals surface area contributed by atoms with Gasteiger partial charge in [-0.05, 0) is 5.56 Å². The Balaban J connectivity index is 2.50. The maximum absolute atomic E-state index is 12.5. The predicted octanol–water partition coefficient (Wildman–Crippen LogP) is 1.07. The summed E-state index contributed by atoms with van der Waals surface area (Å²) in [6.45, 7) is 1.75. The molecule has 0 aliphatic heterocycles. The van der Waals surface area contributed by atoms with E-state index in [1.54, 1.807) is 6.92 Å². The van der Waals surface area contributed by atoms with Crippen molar-refractivity contribution < 1.29 is 4.79 Å². The van der Waals surface area contributed by atoms with Crippen LogP contribution in [0, 0.1) is 0 Å². The Labute approximate surface area is 116 Å². The van der Waals surface area contributed by atoms with E-state index in [9.17, 15) is 14.4 Å². The largest absolute Gasteiger partial charge is 0.330 e. The molecule has 1 unspecified atom stereocenters. The maximum Gasteiger partial charge on any atom is 0.330 e. The number of aryl methyl sites for hydroxylation is 1. The number of carbonyl (C=O) groups excluding carboxylic acids is 1. The van der Waals surface area contributed by atoms with Crippen molar-refractivity contribution in [3.05, 3.63) is 68.5 Å². The smallest absolute Gasteiger partial charge is 0.303 e. The molecule has 1 heterocycles. The minimum absolute atomic E-state index is 0.0333. The summed E-state index contributed by atoms with van der Waals surface area (Å²) in [6, 6.07) is 9.24. The first-order valence-corrected chi connectivity index (χ1v) is 6.29. The van der Waals surface area contributed by atoms with Crippen molar-refractivity contribution in [2.45, 2.75) is 12.8 Å². The summed E-state index contributed by atoms with van der Waals surface area (Å²) >= 11 is 0. The van der Waals surface area contributed by atoms with Crippen LogP contribution in [0.5, 0.6) is 0 Å². The van der Waals surface area contributed by atoms with Crippen LogP contribution in [0.3, 0.4) is 0 Å². The Morgan fingerprint density at radius 1 is 1.10 bits per heavy atom. The second-order valence-electron chi connectivity index (χ2n) is 4.80. The lowest BCUT2D eigenvalue weighted by Crippen LogP contribution is -2.40. The topological polar surface area (TPSA) is 61.1 Å². The minimum Gasteiger partial charge on any atom is -0.303 e. The molecule has 0 N–H and O–H groups in total. The number of Topliss-reactive ketones (excluding diaryl/α,β-unsaturated/α-hetero) is 1. The highest BCUT2D eigenvalue weighted by molar-refractivity contribution is 6.00. The van der Waals surface area contributed by atoms with Crippen molar-refractivity contribution in [3.8, 4) is 0 Å². The van der Waals surface area contributed by atoms with Gasteiger partial charge in [-0.3, -0.25) is 14.2 Å². The van der Waals surface area contributed by atoms with Gasteiger partial charge in [-0.2, -0.15) is 0 Å². The lowest BCUT2D eigenvalue weighted by molar-refractivity contribution is 0.0963. The first-order valence-electron chi connectivity index (χ1n) is 6.29. The first-order chi connectivity index (χ1) is 9.43. The number of hydrogen-bond donors (Lipinski definition) is 0. The molecule has 0 radical (unpaired) electrons. The normalized spacial score (nSPS) is 12.2. The van der Waals surface area contributed by atoms with Crippen LogP contribution < -0.4 is 11.2 Å². The van der Waals surface area contributed by atoms with Crippen LogP contribution in [0.25, 0.3) is 0 Å². The van der Waals surface area contributed by atoms with Gasteiger partial charge in [-0.25, -0.2) is 4.79 Å². The van der Waals surface area contributed by atoms with Crippen molar-refractivity contribution >= 4 is 5.78 Å². The number of benzene rings is 1. The predicted molar refractivity (Wildman–Crippen MR) is 76.1 cm³/mol. The van der Waals surface area contributed by atoms with Gasteiger partial charge in [0, 0.05) is 26.2 Å². The third kappa shape index (κ3) is 2.34. The van der Waals surface area contributed by atoms with Gasteiger partial charge in [0.05, 0.1) is 0 Å². The molecule has 5 nitrogen and oxygen atoms in total. The molecule has 0 amide bonds. The second-order valence-corrected chi connectivity index (χ2v) is 4.80. The van der Waals surface area contributed by atoms with Gasteiger partial charge in [0.25, 0.3) is 5.56 Å². The van der Waals surface area contributed by atoms with Crippen LogP contribution in [-0.4, -0.2) is 14.9 Å². The number of carbonyl (C=O) groups is 1. The van der Waals surface area contributed by atoms with E-state index in [0.717, 1.165) is 10.1 Å². The fourth-order valence-corrected chi connectivity index (χ4v) is 2.10. The Morgan fingerprint density at radius 3 is 2.30 bits per heavy atom. The molecule has 104 valence electrons. The van der Waals surface area contributed by atoms with Gasteiger partial charge in [-0.15, -0.1) is 0 Å². The van der Waals surface area contributed by atoms with Gasteiger partial charge in [0.15, 0.2) is 5.78 Å². The van der Waals surface area contributed by atoms with Crippen molar-refractivity contribution in [3.63, 3.8) is 0 Å². The van der Waals surface area contributed by atoms with Crippen molar-refractivity contribution in [2.24, 2.45) is 14.1 Å². The van der Waals surface area contributed by atoms with Gasteiger partial charge in [0.2, 0.25) is 0 Å². The monoisotopic (exact) mass is 272 g/mol. The highest BCUT2D eigenvalue weighted by Gasteiger charge is 2.21. The van der Waals surface area contributed by atoms with E-state index in [2.05, 4.69) is 0 Å². The van der Waals surface area contributed by atoms with Gasteiger partial charge in [-0.1, -0.05) is 37.3 Å². The Hall–Kier alpha value is -2.43. The quantitative estimate of drug-likeness (QED) is 0.785. The zero-order valence-corrected chi connectivity index (χ0v) is 11.7. The zero-order valence-electron chi connectivity index (χ0n) is 11.7. The SMILES string of the molecule is CC(C(=O)c1cn(C)c(=O)n(C)c1=O)c1ccccc1. The van der Waals surface area contributed by atoms with E-state index >= 15 is 0 Å². The highest BCUT2D eigenvalue weighted by Crippen LogP contribution is 2.18. The molecule has 0 bridgehead atoms. The van der Waals surface area contributed by atoms with Crippen LogP contribution in [0.15, 0.2) is 46.1 Å². The van der Waals surface area contributed by atoms with E-state index in [0.29, 0.717) is 0 Å². The Kier molecular flexibility index (Phi) is 3.70. The third-order valence-corrected chi connectivity index (χ3v) is 3.40. The summed E-state index contributed by atoms with van der Waals surface area (Å²) in [5.41, 5.74) is -0.126. The van der Waals surface area contributed by atoms with E-state index in [1.807, 2.05) is 30.3 Å². The average molecular weight is 272 g/mol. The number of nitrogens with zero attached hydrogens (tertiary/aromatic N) is 2. The molecule has 2 aromatic rings. The number of aromatic nitrogens is 2. The molecule has 2 rings (SSSR count). The van der Waals surface area contributed by atoms with Crippen LogP contribution >= 0.6 is 0 Å². The number of rotatable bonds is 3. The van der Waals surface area contributed by atoms with Crippen molar-refractivity contribution in [2.75, 3.05) is 0 Å². The molecule has 0 aliphatic carbocycles. The van der Waals surface area contributed by atoms with E-state index < -0.39 is 17.2 Å². The minimum atomic E-state index is -0.555. The van der Waals surface area contributed by atoms with E-state index in [-0.39, 0.29) is 11.3 Å². The molecule has 20 heavy (non-hydrogen) atoms. The summed E-state index contributed by atoms with van der Waals surface area (Å²) in [5.74, 6) is -0.714. The maximum atomic E-state index is 12.5. The lowest BCUT2D eigenvalue weighted by Gasteiger charge is -2.12. The Morgan fingerprint density at radius 2 is 1.70 bits per heavy atom. The molecule has 1 aromatic heterocycles. The van der Waals surface area contributed by atoms with Crippen molar-refractivity contribution in [1.29, 1.82) is 0 Å². The molecule has 0 fully saturated rings. The summed E-state index contributed by atoms with van der Waals surface area (Å²) in [4.78, 5) is 36.1. The van der Waals surface area contributed by atoms with Crippen LogP contribution in [-0.2, 0) is 14.1 Å². The molecule has 0 saturated carbocycles. The Bertz CT molecular complexity index is 757. The summed E-state index contributed by atoms with van der Waals surface area (Å²) in [7, 11) is 2.89. The van der Waals surface area contributed by atoms with Gasteiger partial charge < -0.3 is 4.57 Å². The molecule has 5 heteroatoms. The molecule has 0 saturated heterocycles. The number of ketones is 1. The number of hydrogen-bond acceptors (Lipinski definition) is 3. The molecule has 0 spiro atoms. The molecular formula is C15H16N2O3. The van der Waals surface area contributed by atoms with E-state index in [4.69, 9.17) is 0 Å². The summed E-state index contributed by atoms with van der Waals surface area (Å²) in [6.07, 6.45) is 1.31. The van der Waals surface area contributed by atoms with Crippen LogP contribution in [0.2, 0.25) is 0 Å². The van der Waals surface area contributed by atoms with Crippen LogP contribution in [0.4, 0.5) is 0 Å². The molecule has 1 aromatic carbocycles. The van der Waals surface area contributed by atoms with Gasteiger partial charge >= 0.3 is 5.69 Å². The third-order valence-electron chi connectivity index (χ3n) is 3.40. The zero-order chi connectivity index (χ0) is 14.9. The highest BCUT2D eigenvalue weighted by atomic mass is 16.2. The standard InChI is InChI=1S/C15H16N2O3/c1-10(11-7-5-4-6-8-11)13(18)12-9-16(2)15(20)17(3)14(12)19/h4-10H,1-3H3. The summed E-state index contributed by atoms with van der Waals surface area (Å²) < 4.78 is 2.19. The van der Waals surface area contributed by atoms with Crippen LogP contribution in [0.1, 0.15) is 28.8 Å². The summed E-state index contributed by atoms with van der Waals surface area (Å²) in [5, 5.41) is 0. The van der Waals surface area contributed by atoms with Gasteiger partial charge in [0.1, 0.15) is 5.56 Å². The fourth-order valence-electron chi connectivity index (χ4n) is 2.10. The molecular weight excluding hydrogens is 256 g/mol. The average Bonchev–Trinajstić information content (AvgIpc) is 2.48. The van der Waals surface area contributed by atoms with Crippen molar-refractivity contribution in [1.82, 2.24) is 9.13 Å². The second kappa shape index (κ2) is 5.28. The fraction of sp³-hybridized carbons (Fsp3) is 0.267. The molecule has 0 aliphatic rings.